The largest absolute Gasteiger partial charge is 0.304 e. The lowest BCUT2D eigenvalue weighted by Crippen LogP contribution is -2.24. The lowest BCUT2D eigenvalue weighted by molar-refractivity contribution is 0.782. The normalized spacial score (nSPS) is 10.9. The van der Waals surface area contributed by atoms with Gasteiger partial charge in [-0.25, -0.2) is 0 Å². The van der Waals surface area contributed by atoms with Gasteiger partial charge >= 0.3 is 0 Å². The second-order valence-electron chi connectivity index (χ2n) is 6.27. The molecule has 0 fully saturated rings. The minimum Gasteiger partial charge on any atom is -0.304 e. The van der Waals surface area contributed by atoms with Crippen LogP contribution in [0.4, 0.5) is 0 Å². The van der Waals surface area contributed by atoms with E-state index in [1.165, 1.54) is 0 Å². The smallest absolute Gasteiger partial charge is 0.254 e. The van der Waals surface area contributed by atoms with Gasteiger partial charge in [0.25, 0.3) is 5.56 Å². The van der Waals surface area contributed by atoms with Crippen LogP contribution in [0.15, 0.2) is 95.8 Å². The van der Waals surface area contributed by atoms with Gasteiger partial charge in [0.1, 0.15) is 0 Å². The third-order valence-electron chi connectivity index (χ3n) is 4.50. The summed E-state index contributed by atoms with van der Waals surface area (Å²) < 4.78 is 1.89. The van der Waals surface area contributed by atoms with Crippen molar-refractivity contribution in [2.45, 2.75) is 13.0 Å². The van der Waals surface area contributed by atoms with Crippen molar-refractivity contribution in [2.75, 3.05) is 0 Å². The Kier molecular flexibility index (Phi) is 4.17. The predicted molar refractivity (Wildman–Crippen MR) is 103 cm³/mol. The van der Waals surface area contributed by atoms with Crippen molar-refractivity contribution in [3.8, 4) is 0 Å². The lowest BCUT2D eigenvalue weighted by atomic mass is 10.0. The molecule has 1 heterocycles. The number of hydrogen-bond donors (Lipinski definition) is 0. The van der Waals surface area contributed by atoms with Gasteiger partial charge in [-0.1, -0.05) is 78.9 Å². The SMILES string of the molecule is O=c1c(Cc2ccccc2)cc2ccccc2n1Cc1ccccc1. The summed E-state index contributed by atoms with van der Waals surface area (Å²) in [5.41, 5.74) is 4.19. The third kappa shape index (κ3) is 3.24. The Morgan fingerprint density at radius 3 is 2.00 bits per heavy atom. The van der Waals surface area contributed by atoms with Crippen molar-refractivity contribution in [2.24, 2.45) is 0 Å². The van der Waals surface area contributed by atoms with Crippen molar-refractivity contribution < 1.29 is 0 Å². The highest BCUT2D eigenvalue weighted by atomic mass is 16.1. The Morgan fingerprint density at radius 2 is 1.28 bits per heavy atom. The fourth-order valence-electron chi connectivity index (χ4n) is 3.25. The number of fused-ring (bicyclic) bond motifs is 1. The van der Waals surface area contributed by atoms with E-state index in [0.717, 1.165) is 27.6 Å². The van der Waals surface area contributed by atoms with Crippen molar-refractivity contribution in [3.05, 3.63) is 118 Å². The van der Waals surface area contributed by atoms with Crippen LogP contribution >= 0.6 is 0 Å². The predicted octanol–water partition coefficient (Wildman–Crippen LogP) is 4.64. The summed E-state index contributed by atoms with van der Waals surface area (Å²) >= 11 is 0. The zero-order valence-corrected chi connectivity index (χ0v) is 13.9. The first-order valence-corrected chi connectivity index (χ1v) is 8.50. The topological polar surface area (TPSA) is 22.0 Å². The molecule has 4 rings (SSSR count). The van der Waals surface area contributed by atoms with Gasteiger partial charge in [0.2, 0.25) is 0 Å². The highest BCUT2D eigenvalue weighted by Crippen LogP contribution is 2.17. The highest BCUT2D eigenvalue weighted by molar-refractivity contribution is 5.79. The van der Waals surface area contributed by atoms with E-state index in [2.05, 4.69) is 30.3 Å². The molecule has 0 aliphatic rings. The molecule has 0 amide bonds. The number of para-hydroxylation sites is 1. The van der Waals surface area contributed by atoms with Crippen LogP contribution in [-0.4, -0.2) is 4.57 Å². The van der Waals surface area contributed by atoms with Gasteiger partial charge in [-0.15, -0.1) is 0 Å². The van der Waals surface area contributed by atoms with Crippen molar-refractivity contribution in [1.29, 1.82) is 0 Å². The molecule has 4 aromatic rings. The monoisotopic (exact) mass is 325 g/mol. The molecule has 122 valence electrons. The Bertz CT molecular complexity index is 1050. The lowest BCUT2D eigenvalue weighted by Gasteiger charge is -2.13. The van der Waals surface area contributed by atoms with E-state index < -0.39 is 0 Å². The summed E-state index contributed by atoms with van der Waals surface area (Å²) in [6.45, 7) is 0.586. The number of hydrogen-bond acceptors (Lipinski definition) is 1. The van der Waals surface area contributed by atoms with E-state index in [9.17, 15) is 4.79 Å². The molecule has 0 bridgehead atoms. The van der Waals surface area contributed by atoms with Crippen LogP contribution in [0.25, 0.3) is 10.9 Å². The maximum atomic E-state index is 13.2. The van der Waals surface area contributed by atoms with Gasteiger partial charge in [-0.3, -0.25) is 4.79 Å². The van der Waals surface area contributed by atoms with Crippen LogP contribution in [0.2, 0.25) is 0 Å². The maximum Gasteiger partial charge on any atom is 0.254 e. The highest BCUT2D eigenvalue weighted by Gasteiger charge is 2.10. The quantitative estimate of drug-likeness (QED) is 0.536. The first-order valence-electron chi connectivity index (χ1n) is 8.50. The van der Waals surface area contributed by atoms with Gasteiger partial charge in [0.05, 0.1) is 12.1 Å². The van der Waals surface area contributed by atoms with E-state index in [1.54, 1.807) is 0 Å². The standard InChI is InChI=1S/C23H19NO/c25-23-21(15-18-9-3-1-4-10-18)16-20-13-7-8-14-22(20)24(23)17-19-11-5-2-6-12-19/h1-14,16H,15,17H2. The van der Waals surface area contributed by atoms with Gasteiger partial charge in [-0.05, 0) is 28.6 Å². The van der Waals surface area contributed by atoms with E-state index in [4.69, 9.17) is 0 Å². The maximum absolute atomic E-state index is 13.2. The van der Waals surface area contributed by atoms with Gasteiger partial charge in [0.15, 0.2) is 0 Å². The molecule has 0 radical (unpaired) electrons. The summed E-state index contributed by atoms with van der Waals surface area (Å²) in [6.07, 6.45) is 0.652. The van der Waals surface area contributed by atoms with Gasteiger partial charge in [0, 0.05) is 12.0 Å². The number of rotatable bonds is 4. The van der Waals surface area contributed by atoms with Crippen LogP contribution in [0.5, 0.6) is 0 Å². The molecule has 0 spiro atoms. The van der Waals surface area contributed by atoms with Crippen LogP contribution in [-0.2, 0) is 13.0 Å². The molecular weight excluding hydrogens is 306 g/mol. The molecule has 3 aromatic carbocycles. The zero-order chi connectivity index (χ0) is 17.1. The van der Waals surface area contributed by atoms with E-state index >= 15 is 0 Å². The summed E-state index contributed by atoms with van der Waals surface area (Å²) in [7, 11) is 0. The van der Waals surface area contributed by atoms with Gasteiger partial charge in [-0.2, -0.15) is 0 Å². The summed E-state index contributed by atoms with van der Waals surface area (Å²) in [4.78, 5) is 13.2. The Balaban J connectivity index is 1.85. The van der Waals surface area contributed by atoms with E-state index in [0.29, 0.717) is 13.0 Å². The third-order valence-corrected chi connectivity index (χ3v) is 4.50. The molecule has 0 unspecified atom stereocenters. The van der Waals surface area contributed by atoms with Crippen LogP contribution < -0.4 is 5.56 Å². The van der Waals surface area contributed by atoms with E-state index in [-0.39, 0.29) is 5.56 Å². The van der Waals surface area contributed by atoms with Crippen molar-refractivity contribution in [3.63, 3.8) is 0 Å². The molecule has 0 aliphatic heterocycles. The summed E-state index contributed by atoms with van der Waals surface area (Å²) in [5.74, 6) is 0. The average Bonchev–Trinajstić information content (AvgIpc) is 2.67. The average molecular weight is 325 g/mol. The molecule has 25 heavy (non-hydrogen) atoms. The first kappa shape index (κ1) is 15.4. The van der Waals surface area contributed by atoms with Crippen molar-refractivity contribution >= 4 is 10.9 Å². The second-order valence-corrected chi connectivity index (χ2v) is 6.27. The van der Waals surface area contributed by atoms with Gasteiger partial charge < -0.3 is 4.57 Å². The molecule has 1 aromatic heterocycles. The fourth-order valence-corrected chi connectivity index (χ4v) is 3.25. The second kappa shape index (κ2) is 6.78. The molecule has 0 aliphatic carbocycles. The number of pyridine rings is 1. The minimum absolute atomic E-state index is 0.0893. The Hall–Kier alpha value is -3.13. The summed E-state index contributed by atoms with van der Waals surface area (Å²) in [6, 6.07) is 30.4. The molecule has 2 nitrogen and oxygen atoms in total. The molecule has 2 heteroatoms. The molecular formula is C23H19NO. The zero-order valence-electron chi connectivity index (χ0n) is 13.9. The summed E-state index contributed by atoms with van der Waals surface area (Å²) in [5, 5.41) is 1.10. The van der Waals surface area contributed by atoms with Crippen LogP contribution in [0.1, 0.15) is 16.7 Å². The molecule has 0 N–H and O–H groups in total. The first-order chi connectivity index (χ1) is 12.3. The van der Waals surface area contributed by atoms with E-state index in [1.807, 2.05) is 65.2 Å². The number of benzene rings is 3. The van der Waals surface area contributed by atoms with Crippen molar-refractivity contribution in [1.82, 2.24) is 4.57 Å². The number of aromatic nitrogens is 1. The molecule has 0 atom stereocenters. The Labute approximate surface area is 147 Å². The fraction of sp³-hybridized carbons (Fsp3) is 0.0870. The molecule has 0 saturated carbocycles. The molecule has 0 saturated heterocycles. The Morgan fingerprint density at radius 1 is 0.680 bits per heavy atom. The van der Waals surface area contributed by atoms with Crippen LogP contribution in [0.3, 0.4) is 0 Å². The van der Waals surface area contributed by atoms with Crippen LogP contribution in [0, 0.1) is 0 Å². The minimum atomic E-state index is 0.0893. The number of nitrogens with zero attached hydrogens (tertiary/aromatic N) is 1.